The topological polar surface area (TPSA) is 23.8 Å². The molecule has 0 fully saturated rings. The number of rotatable bonds is 3. The SMILES string of the molecule is C=C/C(=C\C(C#N)=C(C)C)C(C)C. The van der Waals surface area contributed by atoms with Crippen molar-refractivity contribution in [1.29, 1.82) is 5.26 Å². The molecule has 0 aromatic carbocycles. The number of hydrogen-bond donors (Lipinski definition) is 0. The van der Waals surface area contributed by atoms with Crippen molar-refractivity contribution in [3.8, 4) is 6.07 Å². The van der Waals surface area contributed by atoms with Gasteiger partial charge in [-0.05, 0) is 31.4 Å². The number of hydrogen-bond acceptors (Lipinski definition) is 1. The van der Waals surface area contributed by atoms with Crippen molar-refractivity contribution in [2.45, 2.75) is 27.7 Å². The summed E-state index contributed by atoms with van der Waals surface area (Å²) in [7, 11) is 0. The zero-order valence-corrected chi connectivity index (χ0v) is 8.89. The lowest BCUT2D eigenvalue weighted by Gasteiger charge is -2.05. The maximum Gasteiger partial charge on any atom is 0.0991 e. The zero-order chi connectivity index (χ0) is 10.4. The third kappa shape index (κ3) is 3.75. The minimum atomic E-state index is 0.417. The van der Waals surface area contributed by atoms with Crippen LogP contribution in [0.3, 0.4) is 0 Å². The molecule has 0 N–H and O–H groups in total. The van der Waals surface area contributed by atoms with E-state index in [4.69, 9.17) is 5.26 Å². The highest BCUT2D eigenvalue weighted by Crippen LogP contribution is 2.15. The fraction of sp³-hybridized carbons (Fsp3) is 0.417. The highest BCUT2D eigenvalue weighted by atomic mass is 14.2. The summed E-state index contributed by atoms with van der Waals surface area (Å²) in [4.78, 5) is 0. The number of allylic oxidation sites excluding steroid dienone is 5. The van der Waals surface area contributed by atoms with Gasteiger partial charge in [0.1, 0.15) is 0 Å². The summed E-state index contributed by atoms with van der Waals surface area (Å²) in [5.41, 5.74) is 2.89. The van der Waals surface area contributed by atoms with E-state index < -0.39 is 0 Å². The average molecular weight is 175 g/mol. The molecule has 0 aromatic heterocycles. The normalized spacial score (nSPS) is 10.9. The Bertz CT molecular complexity index is 281. The fourth-order valence-corrected chi connectivity index (χ4v) is 0.916. The molecule has 0 saturated heterocycles. The van der Waals surface area contributed by atoms with Crippen LogP contribution in [0.2, 0.25) is 0 Å². The van der Waals surface area contributed by atoms with Crippen LogP contribution < -0.4 is 0 Å². The van der Waals surface area contributed by atoms with E-state index in [0.717, 1.165) is 16.7 Å². The molecule has 0 heterocycles. The van der Waals surface area contributed by atoms with Crippen LogP contribution in [0, 0.1) is 17.2 Å². The van der Waals surface area contributed by atoms with Crippen molar-refractivity contribution in [3.63, 3.8) is 0 Å². The van der Waals surface area contributed by atoms with E-state index in [1.54, 1.807) is 0 Å². The Morgan fingerprint density at radius 2 is 1.92 bits per heavy atom. The van der Waals surface area contributed by atoms with Crippen LogP contribution in [0.25, 0.3) is 0 Å². The molecule has 0 rings (SSSR count). The third-order valence-corrected chi connectivity index (χ3v) is 1.87. The minimum Gasteiger partial charge on any atom is -0.192 e. The molecule has 0 aliphatic rings. The van der Waals surface area contributed by atoms with Crippen molar-refractivity contribution in [1.82, 2.24) is 0 Å². The third-order valence-electron chi connectivity index (χ3n) is 1.87. The molecule has 0 aliphatic carbocycles. The quantitative estimate of drug-likeness (QED) is 0.475. The molecule has 0 unspecified atom stereocenters. The predicted octanol–water partition coefficient (Wildman–Crippen LogP) is 3.61. The molecule has 0 bridgehead atoms. The summed E-state index contributed by atoms with van der Waals surface area (Å²) >= 11 is 0. The summed E-state index contributed by atoms with van der Waals surface area (Å²) in [5, 5.41) is 8.84. The van der Waals surface area contributed by atoms with Gasteiger partial charge in [-0.1, -0.05) is 32.1 Å². The average Bonchev–Trinajstić information content (AvgIpc) is 2.05. The summed E-state index contributed by atoms with van der Waals surface area (Å²) in [6.07, 6.45) is 3.72. The Kier molecular flexibility index (Phi) is 4.84. The second-order valence-electron chi connectivity index (χ2n) is 3.53. The largest absolute Gasteiger partial charge is 0.192 e. The lowest BCUT2D eigenvalue weighted by Crippen LogP contribution is -1.91. The Labute approximate surface area is 81.1 Å². The van der Waals surface area contributed by atoms with Gasteiger partial charge in [-0.25, -0.2) is 0 Å². The maximum absolute atomic E-state index is 8.84. The van der Waals surface area contributed by atoms with E-state index >= 15 is 0 Å². The predicted molar refractivity (Wildman–Crippen MR) is 57.1 cm³/mol. The minimum absolute atomic E-state index is 0.417. The molecule has 0 atom stereocenters. The monoisotopic (exact) mass is 175 g/mol. The van der Waals surface area contributed by atoms with Crippen LogP contribution in [0.1, 0.15) is 27.7 Å². The molecular weight excluding hydrogens is 158 g/mol. The molecule has 0 saturated carbocycles. The molecule has 1 heteroatoms. The Morgan fingerprint density at radius 3 is 2.15 bits per heavy atom. The number of nitriles is 1. The first-order valence-electron chi connectivity index (χ1n) is 4.44. The van der Waals surface area contributed by atoms with Crippen LogP contribution in [0.4, 0.5) is 0 Å². The first-order chi connectivity index (χ1) is 6.02. The van der Waals surface area contributed by atoms with Gasteiger partial charge in [-0.3, -0.25) is 0 Å². The Morgan fingerprint density at radius 1 is 1.38 bits per heavy atom. The van der Waals surface area contributed by atoms with Crippen molar-refractivity contribution in [2.75, 3.05) is 0 Å². The van der Waals surface area contributed by atoms with Crippen LogP contribution in [-0.2, 0) is 0 Å². The van der Waals surface area contributed by atoms with Crippen LogP contribution in [-0.4, -0.2) is 0 Å². The second-order valence-corrected chi connectivity index (χ2v) is 3.53. The van der Waals surface area contributed by atoms with Crippen molar-refractivity contribution in [3.05, 3.63) is 35.5 Å². The van der Waals surface area contributed by atoms with Crippen molar-refractivity contribution in [2.24, 2.45) is 5.92 Å². The summed E-state index contributed by atoms with van der Waals surface area (Å²) in [6.45, 7) is 11.8. The molecule has 1 nitrogen and oxygen atoms in total. The van der Waals surface area contributed by atoms with Gasteiger partial charge < -0.3 is 0 Å². The van der Waals surface area contributed by atoms with E-state index in [1.807, 2.05) is 26.0 Å². The highest BCUT2D eigenvalue weighted by molar-refractivity contribution is 5.41. The van der Waals surface area contributed by atoms with E-state index in [-0.39, 0.29) is 0 Å². The van der Waals surface area contributed by atoms with Gasteiger partial charge in [0.25, 0.3) is 0 Å². The maximum atomic E-state index is 8.84. The van der Waals surface area contributed by atoms with E-state index in [2.05, 4.69) is 26.5 Å². The Balaban J connectivity index is 5.02. The summed E-state index contributed by atoms with van der Waals surface area (Å²) < 4.78 is 0. The van der Waals surface area contributed by atoms with Crippen LogP contribution in [0.15, 0.2) is 35.5 Å². The summed E-state index contributed by atoms with van der Waals surface area (Å²) in [5.74, 6) is 0.417. The van der Waals surface area contributed by atoms with Gasteiger partial charge in [0, 0.05) is 0 Å². The first-order valence-corrected chi connectivity index (χ1v) is 4.44. The van der Waals surface area contributed by atoms with E-state index in [0.29, 0.717) is 5.92 Å². The first kappa shape index (κ1) is 11.7. The Hall–Kier alpha value is -1.29. The molecule has 0 amide bonds. The number of nitrogens with zero attached hydrogens (tertiary/aromatic N) is 1. The van der Waals surface area contributed by atoms with E-state index in [1.165, 1.54) is 0 Å². The van der Waals surface area contributed by atoms with Gasteiger partial charge >= 0.3 is 0 Å². The van der Waals surface area contributed by atoms with Gasteiger partial charge in [0.2, 0.25) is 0 Å². The second kappa shape index (κ2) is 5.37. The zero-order valence-electron chi connectivity index (χ0n) is 8.89. The highest BCUT2D eigenvalue weighted by Gasteiger charge is 2.00. The van der Waals surface area contributed by atoms with Gasteiger partial charge in [0.15, 0.2) is 0 Å². The molecule has 0 aromatic rings. The molecule has 0 radical (unpaired) electrons. The molecule has 0 spiro atoms. The van der Waals surface area contributed by atoms with Crippen molar-refractivity contribution < 1.29 is 0 Å². The van der Waals surface area contributed by atoms with Gasteiger partial charge in [0.05, 0.1) is 11.6 Å². The molecular formula is C12H17N. The molecule has 0 aliphatic heterocycles. The van der Waals surface area contributed by atoms with Crippen LogP contribution >= 0.6 is 0 Å². The standard InChI is InChI=1S/C12H17N/c1-6-11(9(2)3)7-12(8-13)10(4)5/h6-7,9H,1H2,2-5H3/b11-7+. The molecule has 70 valence electrons. The summed E-state index contributed by atoms with van der Waals surface area (Å²) in [6, 6.07) is 2.18. The smallest absolute Gasteiger partial charge is 0.0991 e. The van der Waals surface area contributed by atoms with Crippen LogP contribution in [0.5, 0.6) is 0 Å². The lowest BCUT2D eigenvalue weighted by atomic mass is 9.99. The molecule has 13 heavy (non-hydrogen) atoms. The van der Waals surface area contributed by atoms with Gasteiger partial charge in [-0.2, -0.15) is 5.26 Å². The van der Waals surface area contributed by atoms with Crippen molar-refractivity contribution >= 4 is 0 Å². The lowest BCUT2D eigenvalue weighted by molar-refractivity contribution is 0.791. The fourth-order valence-electron chi connectivity index (χ4n) is 0.916. The van der Waals surface area contributed by atoms with E-state index in [9.17, 15) is 0 Å². The van der Waals surface area contributed by atoms with Gasteiger partial charge in [-0.15, -0.1) is 0 Å².